The summed E-state index contributed by atoms with van der Waals surface area (Å²) in [6.07, 6.45) is 2.68. The number of nitriles is 1. The van der Waals surface area contributed by atoms with E-state index in [0.717, 1.165) is 5.56 Å². The van der Waals surface area contributed by atoms with Gasteiger partial charge in [0.25, 0.3) is 0 Å². The number of aromatic hydroxyl groups is 1. The highest BCUT2D eigenvalue weighted by Crippen LogP contribution is 2.24. The standard InChI is InChI=1S/C12H9N3O2/c1-8-2-10(16)4-11(3-8)17-12-7-14-9(5-13)6-15-12/h2-4,6-7,16H,1H3. The van der Waals surface area contributed by atoms with E-state index in [0.29, 0.717) is 5.75 Å². The van der Waals surface area contributed by atoms with Gasteiger partial charge in [-0.15, -0.1) is 0 Å². The van der Waals surface area contributed by atoms with Crippen molar-refractivity contribution in [3.63, 3.8) is 0 Å². The normalized spacial score (nSPS) is 9.65. The molecule has 0 saturated carbocycles. The average molecular weight is 227 g/mol. The second kappa shape index (κ2) is 4.49. The number of phenolic OH excluding ortho intramolecular Hbond substituents is 1. The second-order valence-electron chi connectivity index (χ2n) is 3.46. The number of phenols is 1. The molecule has 2 rings (SSSR count). The molecule has 5 heteroatoms. The van der Waals surface area contributed by atoms with Crippen molar-refractivity contribution in [2.24, 2.45) is 0 Å². The lowest BCUT2D eigenvalue weighted by Gasteiger charge is -2.05. The van der Waals surface area contributed by atoms with Crippen molar-refractivity contribution < 1.29 is 9.84 Å². The predicted molar refractivity (Wildman–Crippen MR) is 59.7 cm³/mol. The fraction of sp³-hybridized carbons (Fsp3) is 0.0833. The monoisotopic (exact) mass is 227 g/mol. The van der Waals surface area contributed by atoms with Crippen molar-refractivity contribution in [2.45, 2.75) is 6.92 Å². The Labute approximate surface area is 98.0 Å². The van der Waals surface area contributed by atoms with Gasteiger partial charge in [-0.1, -0.05) is 0 Å². The zero-order chi connectivity index (χ0) is 12.3. The number of aryl methyl sites for hydroxylation is 1. The highest BCUT2D eigenvalue weighted by Gasteiger charge is 2.02. The van der Waals surface area contributed by atoms with Gasteiger partial charge in [0.1, 0.15) is 17.6 Å². The van der Waals surface area contributed by atoms with Gasteiger partial charge in [-0.05, 0) is 24.6 Å². The third kappa shape index (κ3) is 2.69. The van der Waals surface area contributed by atoms with Gasteiger partial charge >= 0.3 is 0 Å². The number of aromatic nitrogens is 2. The molecule has 5 nitrogen and oxygen atoms in total. The van der Waals surface area contributed by atoms with Crippen molar-refractivity contribution in [3.05, 3.63) is 41.9 Å². The first-order valence-electron chi connectivity index (χ1n) is 4.88. The maximum absolute atomic E-state index is 9.39. The lowest BCUT2D eigenvalue weighted by Crippen LogP contribution is -1.91. The van der Waals surface area contributed by atoms with Crippen LogP contribution in [0, 0.1) is 18.3 Å². The minimum absolute atomic E-state index is 0.126. The lowest BCUT2D eigenvalue weighted by atomic mass is 10.2. The number of hydrogen-bond acceptors (Lipinski definition) is 5. The molecule has 1 aromatic carbocycles. The highest BCUT2D eigenvalue weighted by molar-refractivity contribution is 5.38. The molecule has 0 saturated heterocycles. The molecule has 0 spiro atoms. The lowest BCUT2D eigenvalue weighted by molar-refractivity contribution is 0.443. The van der Waals surface area contributed by atoms with Crippen LogP contribution in [-0.4, -0.2) is 15.1 Å². The van der Waals surface area contributed by atoms with Crippen molar-refractivity contribution in [1.82, 2.24) is 9.97 Å². The summed E-state index contributed by atoms with van der Waals surface area (Å²) in [5, 5.41) is 18.0. The first-order chi connectivity index (χ1) is 8.17. The van der Waals surface area contributed by atoms with Crippen LogP contribution in [0.4, 0.5) is 0 Å². The maximum atomic E-state index is 9.39. The summed E-state index contributed by atoms with van der Waals surface area (Å²) in [7, 11) is 0. The maximum Gasteiger partial charge on any atom is 0.237 e. The molecule has 0 atom stereocenters. The van der Waals surface area contributed by atoms with Crippen LogP contribution in [0.1, 0.15) is 11.3 Å². The summed E-state index contributed by atoms with van der Waals surface area (Å²) in [6.45, 7) is 1.84. The SMILES string of the molecule is Cc1cc(O)cc(Oc2cnc(C#N)cn2)c1. The Morgan fingerprint density at radius 2 is 2.06 bits per heavy atom. The van der Waals surface area contributed by atoms with Crippen LogP contribution >= 0.6 is 0 Å². The van der Waals surface area contributed by atoms with Gasteiger partial charge in [0.15, 0.2) is 5.69 Å². The van der Waals surface area contributed by atoms with E-state index in [2.05, 4.69) is 9.97 Å². The fourth-order valence-electron chi connectivity index (χ4n) is 1.33. The van der Waals surface area contributed by atoms with E-state index in [9.17, 15) is 5.11 Å². The van der Waals surface area contributed by atoms with Crippen LogP contribution < -0.4 is 4.74 Å². The Bertz CT molecular complexity index is 553. The molecule has 1 heterocycles. The van der Waals surface area contributed by atoms with Gasteiger partial charge in [-0.25, -0.2) is 9.97 Å². The Morgan fingerprint density at radius 3 is 2.65 bits per heavy atom. The molecule has 84 valence electrons. The van der Waals surface area contributed by atoms with E-state index in [4.69, 9.17) is 10.00 Å². The van der Waals surface area contributed by atoms with Crippen LogP contribution in [-0.2, 0) is 0 Å². The zero-order valence-corrected chi connectivity index (χ0v) is 9.08. The van der Waals surface area contributed by atoms with E-state index in [1.54, 1.807) is 12.1 Å². The molecule has 17 heavy (non-hydrogen) atoms. The third-order valence-electron chi connectivity index (χ3n) is 2.00. The summed E-state index contributed by atoms with van der Waals surface area (Å²) in [5.74, 6) is 0.872. The smallest absolute Gasteiger partial charge is 0.237 e. The van der Waals surface area contributed by atoms with Crippen LogP contribution in [0.15, 0.2) is 30.6 Å². The van der Waals surface area contributed by atoms with E-state index in [-0.39, 0.29) is 17.3 Å². The first-order valence-corrected chi connectivity index (χ1v) is 4.88. The van der Waals surface area contributed by atoms with Crippen molar-refractivity contribution in [1.29, 1.82) is 5.26 Å². The predicted octanol–water partition coefficient (Wildman–Crippen LogP) is 2.15. The van der Waals surface area contributed by atoms with Crippen LogP contribution in [0.25, 0.3) is 0 Å². The number of ether oxygens (including phenoxy) is 1. The minimum Gasteiger partial charge on any atom is -0.508 e. The Hall–Kier alpha value is -2.61. The molecule has 0 amide bonds. The third-order valence-corrected chi connectivity index (χ3v) is 2.00. The van der Waals surface area contributed by atoms with E-state index in [1.165, 1.54) is 18.5 Å². The molecule has 0 aliphatic carbocycles. The minimum atomic E-state index is 0.126. The fourth-order valence-corrected chi connectivity index (χ4v) is 1.33. The van der Waals surface area contributed by atoms with Crippen LogP contribution in [0.5, 0.6) is 17.4 Å². The second-order valence-corrected chi connectivity index (χ2v) is 3.46. The summed E-state index contributed by atoms with van der Waals surface area (Å²) in [4.78, 5) is 7.74. The molecule has 0 unspecified atom stereocenters. The highest BCUT2D eigenvalue weighted by atomic mass is 16.5. The number of benzene rings is 1. The molecule has 1 N–H and O–H groups in total. The number of nitrogens with zero attached hydrogens (tertiary/aromatic N) is 3. The van der Waals surface area contributed by atoms with Gasteiger partial charge in [0.05, 0.1) is 12.4 Å². The topological polar surface area (TPSA) is 79.0 Å². The molecule has 1 aromatic heterocycles. The van der Waals surface area contributed by atoms with E-state index in [1.807, 2.05) is 13.0 Å². The van der Waals surface area contributed by atoms with Crippen LogP contribution in [0.2, 0.25) is 0 Å². The van der Waals surface area contributed by atoms with Gasteiger partial charge in [-0.3, -0.25) is 0 Å². The molecule has 2 aromatic rings. The largest absolute Gasteiger partial charge is 0.508 e. The van der Waals surface area contributed by atoms with Crippen LogP contribution in [0.3, 0.4) is 0 Å². The average Bonchev–Trinajstić information content (AvgIpc) is 2.28. The van der Waals surface area contributed by atoms with Gasteiger partial charge in [-0.2, -0.15) is 5.26 Å². The summed E-state index contributed by atoms with van der Waals surface area (Å²) in [6, 6.07) is 6.73. The molecular formula is C12H9N3O2. The van der Waals surface area contributed by atoms with Crippen molar-refractivity contribution >= 4 is 0 Å². The van der Waals surface area contributed by atoms with E-state index < -0.39 is 0 Å². The number of hydrogen-bond donors (Lipinski definition) is 1. The molecular weight excluding hydrogens is 218 g/mol. The molecule has 0 bridgehead atoms. The van der Waals surface area contributed by atoms with E-state index >= 15 is 0 Å². The molecule has 0 aliphatic heterocycles. The first kappa shape index (κ1) is 10.9. The zero-order valence-electron chi connectivity index (χ0n) is 9.08. The molecule has 0 radical (unpaired) electrons. The molecule has 0 aliphatic rings. The summed E-state index contributed by atoms with van der Waals surface area (Å²) < 4.78 is 5.40. The summed E-state index contributed by atoms with van der Waals surface area (Å²) >= 11 is 0. The Balaban J connectivity index is 2.22. The quantitative estimate of drug-likeness (QED) is 0.850. The van der Waals surface area contributed by atoms with Gasteiger partial charge in [0.2, 0.25) is 5.88 Å². The van der Waals surface area contributed by atoms with Gasteiger partial charge in [0, 0.05) is 6.07 Å². The van der Waals surface area contributed by atoms with Gasteiger partial charge < -0.3 is 9.84 Å². The molecule has 0 fully saturated rings. The Kier molecular flexibility index (Phi) is 2.88. The van der Waals surface area contributed by atoms with Crippen molar-refractivity contribution in [3.8, 4) is 23.4 Å². The number of rotatable bonds is 2. The Morgan fingerprint density at radius 1 is 1.24 bits per heavy atom. The van der Waals surface area contributed by atoms with Crippen molar-refractivity contribution in [2.75, 3.05) is 0 Å². The summed E-state index contributed by atoms with van der Waals surface area (Å²) in [5.41, 5.74) is 1.10.